The molecule has 1 aromatic heterocycles. The molecule has 0 aliphatic carbocycles. The molecule has 28 heavy (non-hydrogen) atoms. The smallest absolute Gasteiger partial charge is 0.323 e. The largest absolute Gasteiger partial charge is 0.480 e. The number of amides is 1. The van der Waals surface area contributed by atoms with Gasteiger partial charge in [0.1, 0.15) is 18.2 Å². The molecule has 0 saturated heterocycles. The molecule has 0 fully saturated rings. The SMILES string of the molecule is Cc1ccc2c(/C=C(\C#N)C(=O)N(C)c3ccccc3)cn(CC(=O)O)c2c1. The second-order valence-corrected chi connectivity index (χ2v) is 6.50. The van der Waals surface area contributed by atoms with E-state index in [4.69, 9.17) is 0 Å². The van der Waals surface area contributed by atoms with Crippen LogP contribution in [0.15, 0.2) is 60.3 Å². The number of aryl methyl sites for hydroxylation is 1. The molecule has 3 rings (SSSR count). The third kappa shape index (κ3) is 3.79. The highest BCUT2D eigenvalue weighted by molar-refractivity contribution is 6.11. The molecular formula is C22H19N3O3. The van der Waals surface area contributed by atoms with Crippen LogP contribution in [-0.2, 0) is 16.1 Å². The predicted molar refractivity (Wildman–Crippen MR) is 108 cm³/mol. The van der Waals surface area contributed by atoms with Crippen LogP contribution in [0.3, 0.4) is 0 Å². The summed E-state index contributed by atoms with van der Waals surface area (Å²) >= 11 is 0. The minimum atomic E-state index is -0.964. The Bertz CT molecular complexity index is 1120. The molecule has 1 heterocycles. The molecule has 0 spiro atoms. The minimum Gasteiger partial charge on any atom is -0.480 e. The average Bonchev–Trinajstić information content (AvgIpc) is 3.01. The highest BCUT2D eigenvalue weighted by Gasteiger charge is 2.18. The molecule has 6 heteroatoms. The van der Waals surface area contributed by atoms with Gasteiger partial charge in [0.2, 0.25) is 0 Å². The Morgan fingerprint density at radius 1 is 1.21 bits per heavy atom. The molecule has 1 amide bonds. The molecule has 140 valence electrons. The van der Waals surface area contributed by atoms with Crippen molar-refractivity contribution in [1.82, 2.24) is 4.57 Å². The van der Waals surface area contributed by atoms with E-state index in [-0.39, 0.29) is 12.1 Å². The van der Waals surface area contributed by atoms with E-state index in [1.54, 1.807) is 29.9 Å². The number of carbonyl (C=O) groups is 2. The second-order valence-electron chi connectivity index (χ2n) is 6.50. The number of hydrogen-bond donors (Lipinski definition) is 1. The van der Waals surface area contributed by atoms with Crippen LogP contribution in [0.25, 0.3) is 17.0 Å². The zero-order chi connectivity index (χ0) is 20.3. The number of aromatic nitrogens is 1. The summed E-state index contributed by atoms with van der Waals surface area (Å²) in [5.41, 5.74) is 3.02. The van der Waals surface area contributed by atoms with E-state index in [1.165, 1.54) is 11.0 Å². The molecule has 6 nitrogen and oxygen atoms in total. The normalized spacial score (nSPS) is 11.2. The van der Waals surface area contributed by atoms with Crippen molar-refractivity contribution in [3.05, 3.63) is 71.4 Å². The van der Waals surface area contributed by atoms with Gasteiger partial charge in [-0.15, -0.1) is 0 Å². The van der Waals surface area contributed by atoms with E-state index >= 15 is 0 Å². The number of nitriles is 1. The number of rotatable bonds is 5. The first-order valence-corrected chi connectivity index (χ1v) is 8.67. The van der Waals surface area contributed by atoms with Crippen LogP contribution in [0.1, 0.15) is 11.1 Å². The van der Waals surface area contributed by atoms with Crippen molar-refractivity contribution in [3.63, 3.8) is 0 Å². The van der Waals surface area contributed by atoms with Gasteiger partial charge in [0.05, 0.1) is 0 Å². The van der Waals surface area contributed by atoms with Crippen LogP contribution >= 0.6 is 0 Å². The Hall–Kier alpha value is -3.85. The van der Waals surface area contributed by atoms with E-state index < -0.39 is 11.9 Å². The number of nitrogens with zero attached hydrogens (tertiary/aromatic N) is 3. The van der Waals surface area contributed by atoms with Gasteiger partial charge in [0.25, 0.3) is 5.91 Å². The quantitative estimate of drug-likeness (QED) is 0.547. The highest BCUT2D eigenvalue weighted by Crippen LogP contribution is 2.25. The molecule has 0 bridgehead atoms. The number of fused-ring (bicyclic) bond motifs is 1. The van der Waals surface area contributed by atoms with Crippen molar-refractivity contribution in [2.75, 3.05) is 11.9 Å². The van der Waals surface area contributed by atoms with Crippen LogP contribution in [0, 0.1) is 18.3 Å². The van der Waals surface area contributed by atoms with Crippen molar-refractivity contribution in [2.24, 2.45) is 0 Å². The van der Waals surface area contributed by atoms with Crippen molar-refractivity contribution in [3.8, 4) is 6.07 Å². The van der Waals surface area contributed by atoms with E-state index in [0.717, 1.165) is 16.5 Å². The third-order valence-corrected chi connectivity index (χ3v) is 4.47. The number of anilines is 1. The van der Waals surface area contributed by atoms with Crippen molar-refractivity contribution >= 4 is 34.5 Å². The molecule has 0 aliphatic heterocycles. The lowest BCUT2D eigenvalue weighted by Crippen LogP contribution is -2.27. The Balaban J connectivity index is 2.05. The lowest BCUT2D eigenvalue weighted by atomic mass is 10.1. The summed E-state index contributed by atoms with van der Waals surface area (Å²) in [5.74, 6) is -1.39. The van der Waals surface area contributed by atoms with Crippen LogP contribution < -0.4 is 4.90 Å². The zero-order valence-corrected chi connectivity index (χ0v) is 15.6. The first kappa shape index (κ1) is 18.9. The van der Waals surface area contributed by atoms with E-state index in [9.17, 15) is 20.0 Å². The van der Waals surface area contributed by atoms with Crippen LogP contribution in [0.2, 0.25) is 0 Å². The van der Waals surface area contributed by atoms with Gasteiger partial charge >= 0.3 is 5.97 Å². The maximum absolute atomic E-state index is 12.8. The van der Waals surface area contributed by atoms with Crippen LogP contribution in [0.4, 0.5) is 5.69 Å². The first-order valence-electron chi connectivity index (χ1n) is 8.67. The topological polar surface area (TPSA) is 86.3 Å². The molecule has 0 aliphatic rings. The Morgan fingerprint density at radius 2 is 1.93 bits per heavy atom. The first-order chi connectivity index (χ1) is 13.4. The number of para-hydroxylation sites is 1. The van der Waals surface area contributed by atoms with Gasteiger partial charge in [-0.05, 0) is 36.8 Å². The highest BCUT2D eigenvalue weighted by atomic mass is 16.4. The summed E-state index contributed by atoms with van der Waals surface area (Å²) in [6.07, 6.45) is 3.17. The van der Waals surface area contributed by atoms with Gasteiger partial charge in [-0.1, -0.05) is 30.3 Å². The second kappa shape index (κ2) is 7.80. The average molecular weight is 373 g/mol. The summed E-state index contributed by atoms with van der Waals surface area (Å²) in [5, 5.41) is 19.5. The minimum absolute atomic E-state index is 0.0266. The standard InChI is InChI=1S/C22H19N3O3/c1-15-8-9-19-17(13-25(14-21(26)27)20(19)10-15)11-16(12-23)22(28)24(2)18-6-4-3-5-7-18/h3-11,13H,14H2,1-2H3,(H,26,27)/b16-11+. The number of aliphatic carboxylic acids is 1. The Kier molecular flexibility index (Phi) is 5.28. The third-order valence-electron chi connectivity index (χ3n) is 4.47. The number of hydrogen-bond acceptors (Lipinski definition) is 3. The lowest BCUT2D eigenvalue weighted by Gasteiger charge is -2.16. The molecule has 0 unspecified atom stereocenters. The molecule has 0 atom stereocenters. The van der Waals surface area contributed by atoms with Gasteiger partial charge < -0.3 is 14.6 Å². The van der Waals surface area contributed by atoms with Crippen molar-refractivity contribution in [2.45, 2.75) is 13.5 Å². The molecule has 2 aromatic carbocycles. The van der Waals surface area contributed by atoms with Crippen molar-refractivity contribution in [1.29, 1.82) is 5.26 Å². The molecule has 3 aromatic rings. The van der Waals surface area contributed by atoms with E-state index in [1.807, 2.05) is 49.4 Å². The van der Waals surface area contributed by atoms with E-state index in [2.05, 4.69) is 0 Å². The number of carboxylic acids is 1. The Labute approximate surface area is 162 Å². The van der Waals surface area contributed by atoms with E-state index in [0.29, 0.717) is 11.3 Å². The predicted octanol–water partition coefficient (Wildman–Crippen LogP) is 3.60. The van der Waals surface area contributed by atoms with Gasteiger partial charge in [-0.2, -0.15) is 5.26 Å². The molecule has 0 radical (unpaired) electrons. The number of likely N-dealkylation sites (N-methyl/N-ethyl adjacent to an activating group) is 1. The maximum Gasteiger partial charge on any atom is 0.323 e. The fraction of sp³-hybridized carbons (Fsp3) is 0.136. The van der Waals surface area contributed by atoms with Gasteiger partial charge in [0.15, 0.2) is 0 Å². The van der Waals surface area contributed by atoms with Gasteiger partial charge in [-0.25, -0.2) is 0 Å². The molecule has 1 N–H and O–H groups in total. The van der Waals surface area contributed by atoms with Crippen LogP contribution in [0.5, 0.6) is 0 Å². The van der Waals surface area contributed by atoms with Gasteiger partial charge in [-0.3, -0.25) is 9.59 Å². The zero-order valence-electron chi connectivity index (χ0n) is 15.6. The fourth-order valence-electron chi connectivity index (χ4n) is 3.07. The number of benzene rings is 2. The number of carboxylic acid groups (broad SMARTS) is 1. The van der Waals surface area contributed by atoms with Crippen molar-refractivity contribution < 1.29 is 14.7 Å². The lowest BCUT2D eigenvalue weighted by molar-refractivity contribution is -0.137. The maximum atomic E-state index is 12.8. The summed E-state index contributed by atoms with van der Waals surface area (Å²) in [4.78, 5) is 25.4. The fourth-order valence-corrected chi connectivity index (χ4v) is 3.07. The molecule has 0 saturated carbocycles. The van der Waals surface area contributed by atoms with Crippen LogP contribution in [-0.4, -0.2) is 28.6 Å². The summed E-state index contributed by atoms with van der Waals surface area (Å²) in [6.45, 7) is 1.72. The Morgan fingerprint density at radius 3 is 2.57 bits per heavy atom. The molecular weight excluding hydrogens is 354 g/mol. The van der Waals surface area contributed by atoms with Gasteiger partial charge in [0, 0.05) is 35.4 Å². The monoisotopic (exact) mass is 373 g/mol. The summed E-state index contributed by atoms with van der Waals surface area (Å²) < 4.78 is 1.61. The summed E-state index contributed by atoms with van der Waals surface area (Å²) in [6, 6.07) is 16.7. The summed E-state index contributed by atoms with van der Waals surface area (Å²) in [7, 11) is 1.61. The number of carbonyl (C=O) groups excluding carboxylic acids is 1.